The molecule has 1 unspecified atom stereocenters. The van der Waals surface area contributed by atoms with E-state index in [4.69, 9.17) is 0 Å². The molecule has 0 bridgehead atoms. The number of nitrogens with zero attached hydrogens (tertiary/aromatic N) is 4. The number of carbonyl (C=O) groups excluding carboxylic acids is 1. The third kappa shape index (κ3) is 3.28. The largest absolute Gasteiger partial charge is 0.343 e. The van der Waals surface area contributed by atoms with Crippen LogP contribution in [0, 0.1) is 5.92 Å². The van der Waals surface area contributed by atoms with Gasteiger partial charge < -0.3 is 4.90 Å². The highest BCUT2D eigenvalue weighted by molar-refractivity contribution is 7.89. The molecule has 2 aromatic heterocycles. The molecule has 3 rings (SSSR count). The average molecular weight is 364 g/mol. The zero-order valence-electron chi connectivity index (χ0n) is 14.6. The van der Waals surface area contributed by atoms with E-state index in [2.05, 4.69) is 4.98 Å². The number of carbonyl (C=O) groups is 1. The van der Waals surface area contributed by atoms with E-state index >= 15 is 0 Å². The third-order valence-corrected chi connectivity index (χ3v) is 6.64. The van der Waals surface area contributed by atoms with E-state index < -0.39 is 10.0 Å². The van der Waals surface area contributed by atoms with Gasteiger partial charge in [-0.25, -0.2) is 13.4 Å². The molecule has 1 fully saturated rings. The van der Waals surface area contributed by atoms with Crippen molar-refractivity contribution < 1.29 is 13.2 Å². The van der Waals surface area contributed by atoms with Gasteiger partial charge in [0.05, 0.1) is 12.1 Å². The summed E-state index contributed by atoms with van der Waals surface area (Å²) in [6.07, 6.45) is 4.50. The lowest BCUT2D eigenvalue weighted by atomic mass is 9.98. The van der Waals surface area contributed by atoms with Crippen LogP contribution in [0.5, 0.6) is 0 Å². The first-order valence-corrected chi connectivity index (χ1v) is 10.1. The fourth-order valence-electron chi connectivity index (χ4n) is 3.39. The smallest absolute Gasteiger partial charge is 0.260 e. The van der Waals surface area contributed by atoms with Crippen LogP contribution in [0.4, 0.5) is 0 Å². The van der Waals surface area contributed by atoms with Gasteiger partial charge in [-0.2, -0.15) is 4.31 Å². The Balaban J connectivity index is 1.86. The lowest BCUT2D eigenvalue weighted by Crippen LogP contribution is -2.46. The quantitative estimate of drug-likeness (QED) is 0.808. The predicted molar refractivity (Wildman–Crippen MR) is 94.6 cm³/mol. The summed E-state index contributed by atoms with van der Waals surface area (Å²) in [4.78, 5) is 18.6. The van der Waals surface area contributed by atoms with Crippen molar-refractivity contribution in [3.8, 4) is 0 Å². The van der Waals surface area contributed by atoms with Gasteiger partial charge in [-0.05, 0) is 38.8 Å². The number of amides is 1. The predicted octanol–water partition coefficient (Wildman–Crippen LogP) is 1.60. The molecule has 3 heterocycles. The highest BCUT2D eigenvalue weighted by atomic mass is 32.2. The number of aromatic nitrogens is 2. The van der Waals surface area contributed by atoms with Gasteiger partial charge in [0, 0.05) is 32.4 Å². The summed E-state index contributed by atoms with van der Waals surface area (Å²) in [6.45, 7) is 5.84. The van der Waals surface area contributed by atoms with Gasteiger partial charge in [0.25, 0.3) is 10.0 Å². The van der Waals surface area contributed by atoms with E-state index in [9.17, 15) is 13.2 Å². The summed E-state index contributed by atoms with van der Waals surface area (Å²) in [6, 6.07) is 5.36. The number of pyridine rings is 1. The summed E-state index contributed by atoms with van der Waals surface area (Å²) < 4.78 is 29.2. The lowest BCUT2D eigenvalue weighted by Gasteiger charge is -2.33. The van der Waals surface area contributed by atoms with E-state index in [-0.39, 0.29) is 23.4 Å². The zero-order chi connectivity index (χ0) is 18.0. The number of rotatable bonds is 5. The second-order valence-corrected chi connectivity index (χ2v) is 8.12. The summed E-state index contributed by atoms with van der Waals surface area (Å²) in [5.41, 5.74) is 0.592. The summed E-state index contributed by atoms with van der Waals surface area (Å²) in [5, 5.41) is 0.152. The van der Waals surface area contributed by atoms with Crippen LogP contribution in [0.15, 0.2) is 35.6 Å². The normalized spacial score (nSPS) is 19.2. The Kier molecular flexibility index (Phi) is 5.10. The molecule has 1 amide bonds. The van der Waals surface area contributed by atoms with Crippen molar-refractivity contribution in [2.45, 2.75) is 31.7 Å². The lowest BCUT2D eigenvalue weighted by molar-refractivity contribution is -0.136. The molecule has 1 aliphatic heterocycles. The first-order valence-electron chi connectivity index (χ1n) is 8.70. The van der Waals surface area contributed by atoms with Crippen LogP contribution in [0.25, 0.3) is 5.65 Å². The Morgan fingerprint density at radius 1 is 1.32 bits per heavy atom. The maximum Gasteiger partial charge on any atom is 0.260 e. The first-order chi connectivity index (χ1) is 12.0. The minimum absolute atomic E-state index is 0.0445. The minimum Gasteiger partial charge on any atom is -0.343 e. The molecule has 0 aromatic carbocycles. The van der Waals surface area contributed by atoms with Crippen molar-refractivity contribution in [2.24, 2.45) is 5.92 Å². The molecule has 2 aromatic rings. The number of hydrogen-bond acceptors (Lipinski definition) is 4. The molecule has 136 valence electrons. The summed E-state index contributed by atoms with van der Waals surface area (Å²) in [5.74, 6) is -0.231. The highest BCUT2D eigenvalue weighted by Gasteiger charge is 2.35. The Morgan fingerprint density at radius 3 is 2.80 bits per heavy atom. The fourth-order valence-corrected chi connectivity index (χ4v) is 4.99. The van der Waals surface area contributed by atoms with Crippen LogP contribution in [0.2, 0.25) is 0 Å². The molecule has 8 heteroatoms. The molecule has 0 aliphatic carbocycles. The topological polar surface area (TPSA) is 75.0 Å². The second-order valence-electron chi connectivity index (χ2n) is 6.24. The van der Waals surface area contributed by atoms with Gasteiger partial charge in [-0.1, -0.05) is 6.07 Å². The van der Waals surface area contributed by atoms with Gasteiger partial charge in [-0.15, -0.1) is 0 Å². The van der Waals surface area contributed by atoms with Gasteiger partial charge >= 0.3 is 0 Å². The number of hydrogen-bond donors (Lipinski definition) is 0. The molecule has 0 spiro atoms. The standard InChI is InChI=1S/C17H24N4O3S/c1-3-19(4-2)17(22)14-8-7-10-20(13-14)25(23,24)16-12-18-15-9-5-6-11-21(15)16/h5-6,9,11-12,14H,3-4,7-8,10,13H2,1-2H3. The van der Waals surface area contributed by atoms with Crippen LogP contribution in [-0.4, -0.2) is 59.1 Å². The first kappa shape index (κ1) is 17.9. The number of imidazole rings is 1. The number of piperidine rings is 1. The van der Waals surface area contributed by atoms with Crippen molar-refractivity contribution in [1.29, 1.82) is 0 Å². The van der Waals surface area contributed by atoms with Gasteiger partial charge in [0.1, 0.15) is 5.65 Å². The SMILES string of the molecule is CCN(CC)C(=O)C1CCCN(S(=O)(=O)c2cnc3ccccn23)C1. The highest BCUT2D eigenvalue weighted by Crippen LogP contribution is 2.25. The molecule has 0 radical (unpaired) electrons. The molecule has 1 atom stereocenters. The molecule has 7 nitrogen and oxygen atoms in total. The van der Waals surface area contributed by atoms with E-state index in [1.807, 2.05) is 19.9 Å². The van der Waals surface area contributed by atoms with Crippen LogP contribution >= 0.6 is 0 Å². The van der Waals surface area contributed by atoms with Crippen molar-refractivity contribution in [1.82, 2.24) is 18.6 Å². The summed E-state index contributed by atoms with van der Waals surface area (Å²) >= 11 is 0. The Labute approximate surface area is 148 Å². The van der Waals surface area contributed by atoms with E-state index in [1.54, 1.807) is 27.6 Å². The van der Waals surface area contributed by atoms with Gasteiger partial charge in [-0.3, -0.25) is 9.20 Å². The van der Waals surface area contributed by atoms with E-state index in [1.165, 1.54) is 10.5 Å². The van der Waals surface area contributed by atoms with E-state index in [0.717, 1.165) is 6.42 Å². The maximum atomic E-state index is 13.1. The fraction of sp³-hybridized carbons (Fsp3) is 0.529. The molecular weight excluding hydrogens is 340 g/mol. The monoisotopic (exact) mass is 364 g/mol. The van der Waals surface area contributed by atoms with Crippen molar-refractivity contribution in [2.75, 3.05) is 26.2 Å². The molecule has 1 saturated heterocycles. The second kappa shape index (κ2) is 7.13. The van der Waals surface area contributed by atoms with Crippen LogP contribution in [0.1, 0.15) is 26.7 Å². The van der Waals surface area contributed by atoms with Crippen molar-refractivity contribution >= 4 is 21.6 Å². The molecule has 25 heavy (non-hydrogen) atoms. The van der Waals surface area contributed by atoms with Crippen LogP contribution in [0.3, 0.4) is 0 Å². The molecule has 0 saturated carbocycles. The Morgan fingerprint density at radius 2 is 2.08 bits per heavy atom. The number of sulfonamides is 1. The van der Waals surface area contributed by atoms with Crippen molar-refractivity contribution in [3.63, 3.8) is 0 Å². The van der Waals surface area contributed by atoms with Gasteiger partial charge in [0.2, 0.25) is 5.91 Å². The Hall–Kier alpha value is -1.93. The Bertz CT molecular complexity index is 858. The van der Waals surface area contributed by atoms with Gasteiger partial charge in [0.15, 0.2) is 5.03 Å². The third-order valence-electron chi connectivity index (χ3n) is 4.80. The van der Waals surface area contributed by atoms with Crippen molar-refractivity contribution in [3.05, 3.63) is 30.6 Å². The zero-order valence-corrected chi connectivity index (χ0v) is 15.4. The molecule has 0 N–H and O–H groups in total. The average Bonchev–Trinajstić information content (AvgIpc) is 3.07. The molecule has 1 aliphatic rings. The molecular formula is C17H24N4O3S. The van der Waals surface area contributed by atoms with E-state index in [0.29, 0.717) is 31.7 Å². The minimum atomic E-state index is -3.69. The maximum absolute atomic E-state index is 13.1. The van der Waals surface area contributed by atoms with Crippen LogP contribution < -0.4 is 0 Å². The summed E-state index contributed by atoms with van der Waals surface area (Å²) in [7, 11) is -3.69. The number of fused-ring (bicyclic) bond motifs is 1. The van der Waals surface area contributed by atoms with Crippen LogP contribution in [-0.2, 0) is 14.8 Å².